The van der Waals surface area contributed by atoms with E-state index in [2.05, 4.69) is 4.98 Å². The summed E-state index contributed by atoms with van der Waals surface area (Å²) in [5, 5.41) is 1.09. The standard InChI is InChI=1S/C35H33F2N3O3/c1-2-43-29-17-13-26(14-18-29)22-39(20-19-27-21-38-33-10-6-4-7-30(27)33)34(41)24-40(23-25-11-15-28(36)16-12-25)35(42)31-8-3-5-9-32(31)37/h3-18,21,38H,2,19-20,22-24H2,1H3. The maximum atomic E-state index is 14.7. The number of hydrogen-bond acceptors (Lipinski definition) is 3. The number of para-hydroxylation sites is 1. The zero-order valence-corrected chi connectivity index (χ0v) is 23.9. The number of carbonyl (C=O) groups excluding carboxylic acids is 2. The van der Waals surface area contributed by atoms with Gasteiger partial charge in [-0.2, -0.15) is 0 Å². The molecule has 2 amide bonds. The molecule has 0 bridgehead atoms. The molecule has 0 aliphatic heterocycles. The Morgan fingerprint density at radius 1 is 0.791 bits per heavy atom. The average molecular weight is 582 g/mol. The van der Waals surface area contributed by atoms with E-state index in [1.807, 2.05) is 61.7 Å². The minimum absolute atomic E-state index is 0.0124. The van der Waals surface area contributed by atoms with Crippen molar-refractivity contribution < 1.29 is 23.1 Å². The molecule has 43 heavy (non-hydrogen) atoms. The second-order valence-corrected chi connectivity index (χ2v) is 10.3. The highest BCUT2D eigenvalue weighted by atomic mass is 19.1. The minimum atomic E-state index is -0.672. The number of H-pyrrole nitrogens is 1. The minimum Gasteiger partial charge on any atom is -0.494 e. The number of amides is 2. The number of carbonyl (C=O) groups is 2. The first-order valence-corrected chi connectivity index (χ1v) is 14.2. The zero-order chi connectivity index (χ0) is 30.2. The third-order valence-corrected chi connectivity index (χ3v) is 7.29. The molecule has 0 radical (unpaired) electrons. The molecule has 0 aliphatic carbocycles. The largest absolute Gasteiger partial charge is 0.494 e. The monoisotopic (exact) mass is 581 g/mol. The van der Waals surface area contributed by atoms with Crippen LogP contribution in [0.5, 0.6) is 5.75 Å². The van der Waals surface area contributed by atoms with Crippen molar-refractivity contribution in [1.29, 1.82) is 0 Å². The van der Waals surface area contributed by atoms with E-state index in [4.69, 9.17) is 4.74 Å². The van der Waals surface area contributed by atoms with Crippen LogP contribution < -0.4 is 4.74 Å². The lowest BCUT2D eigenvalue weighted by Crippen LogP contribution is -2.43. The maximum absolute atomic E-state index is 14.7. The van der Waals surface area contributed by atoms with Crippen LogP contribution >= 0.6 is 0 Å². The van der Waals surface area contributed by atoms with Gasteiger partial charge in [0.25, 0.3) is 5.91 Å². The number of aromatic nitrogens is 1. The molecular weight excluding hydrogens is 548 g/mol. The normalized spacial score (nSPS) is 11.0. The first-order chi connectivity index (χ1) is 20.9. The summed E-state index contributed by atoms with van der Waals surface area (Å²) in [5.74, 6) is -1.25. The SMILES string of the molecule is CCOc1ccc(CN(CCc2c[nH]c3ccccc23)C(=O)CN(Cc2ccc(F)cc2)C(=O)c2ccccc2F)cc1. The van der Waals surface area contributed by atoms with Crippen LogP contribution in [0.4, 0.5) is 8.78 Å². The van der Waals surface area contributed by atoms with Crippen LogP contribution in [0.15, 0.2) is 103 Å². The van der Waals surface area contributed by atoms with E-state index in [1.54, 1.807) is 23.1 Å². The second kappa shape index (κ2) is 13.8. The Morgan fingerprint density at radius 2 is 1.44 bits per heavy atom. The van der Waals surface area contributed by atoms with Gasteiger partial charge in [0.2, 0.25) is 5.91 Å². The van der Waals surface area contributed by atoms with Gasteiger partial charge in [-0.25, -0.2) is 8.78 Å². The number of ether oxygens (including phenoxy) is 1. The summed E-state index contributed by atoms with van der Waals surface area (Å²) in [6.07, 6.45) is 2.54. The predicted octanol–water partition coefficient (Wildman–Crippen LogP) is 6.76. The smallest absolute Gasteiger partial charge is 0.257 e. The molecule has 0 aliphatic rings. The first-order valence-electron chi connectivity index (χ1n) is 14.2. The fourth-order valence-corrected chi connectivity index (χ4v) is 5.04. The predicted molar refractivity (Wildman–Crippen MR) is 163 cm³/mol. The van der Waals surface area contributed by atoms with Crippen molar-refractivity contribution in [3.8, 4) is 5.75 Å². The van der Waals surface area contributed by atoms with Crippen LogP contribution in [0.3, 0.4) is 0 Å². The highest BCUT2D eigenvalue weighted by Crippen LogP contribution is 2.20. The van der Waals surface area contributed by atoms with Gasteiger partial charge in [-0.05, 0) is 72.5 Å². The summed E-state index contributed by atoms with van der Waals surface area (Å²) in [5.41, 5.74) is 3.49. The van der Waals surface area contributed by atoms with E-state index >= 15 is 0 Å². The Kier molecular flexibility index (Phi) is 9.46. The van der Waals surface area contributed by atoms with Crippen molar-refractivity contribution in [3.63, 3.8) is 0 Å². The lowest BCUT2D eigenvalue weighted by molar-refractivity contribution is -0.132. The third-order valence-electron chi connectivity index (χ3n) is 7.29. The summed E-state index contributed by atoms with van der Waals surface area (Å²) < 4.78 is 33.8. The van der Waals surface area contributed by atoms with E-state index in [-0.39, 0.29) is 24.6 Å². The molecule has 1 N–H and O–H groups in total. The van der Waals surface area contributed by atoms with Gasteiger partial charge in [0.1, 0.15) is 23.9 Å². The Hall–Kier alpha value is -4.98. The number of hydrogen-bond donors (Lipinski definition) is 1. The summed E-state index contributed by atoms with van der Waals surface area (Å²) in [6, 6.07) is 26.9. The Labute approximate surface area is 249 Å². The second-order valence-electron chi connectivity index (χ2n) is 10.3. The molecule has 1 heterocycles. The van der Waals surface area contributed by atoms with Gasteiger partial charge in [-0.3, -0.25) is 9.59 Å². The van der Waals surface area contributed by atoms with Gasteiger partial charge in [0.15, 0.2) is 0 Å². The van der Waals surface area contributed by atoms with Crippen LogP contribution in [0.2, 0.25) is 0 Å². The lowest BCUT2D eigenvalue weighted by Gasteiger charge is -2.28. The van der Waals surface area contributed by atoms with Crippen molar-refractivity contribution in [2.24, 2.45) is 0 Å². The van der Waals surface area contributed by atoms with E-state index < -0.39 is 17.5 Å². The molecule has 5 rings (SSSR count). The van der Waals surface area contributed by atoms with Gasteiger partial charge in [0.05, 0.1) is 12.2 Å². The van der Waals surface area contributed by atoms with Gasteiger partial charge in [-0.15, -0.1) is 0 Å². The van der Waals surface area contributed by atoms with Crippen LogP contribution in [-0.4, -0.2) is 46.3 Å². The first kappa shape index (κ1) is 29.5. The summed E-state index contributed by atoms with van der Waals surface area (Å²) in [6.45, 7) is 2.90. The molecular formula is C35H33F2N3O3. The van der Waals surface area contributed by atoms with E-state index in [1.165, 1.54) is 35.2 Å². The number of benzene rings is 4. The Morgan fingerprint density at radius 3 is 2.16 bits per heavy atom. The topological polar surface area (TPSA) is 65.6 Å². The quantitative estimate of drug-likeness (QED) is 0.177. The molecule has 0 unspecified atom stereocenters. The molecule has 8 heteroatoms. The van der Waals surface area contributed by atoms with Gasteiger partial charge < -0.3 is 19.5 Å². The zero-order valence-electron chi connectivity index (χ0n) is 23.9. The van der Waals surface area contributed by atoms with E-state index in [0.717, 1.165) is 27.8 Å². The number of nitrogens with one attached hydrogen (secondary N) is 1. The molecule has 4 aromatic carbocycles. The molecule has 0 saturated carbocycles. The Balaban J connectivity index is 1.41. The van der Waals surface area contributed by atoms with Gasteiger partial charge >= 0.3 is 0 Å². The van der Waals surface area contributed by atoms with Crippen molar-refractivity contribution in [2.75, 3.05) is 19.7 Å². The summed E-state index contributed by atoms with van der Waals surface area (Å²) in [4.78, 5) is 33.8. The van der Waals surface area contributed by atoms with Crippen molar-refractivity contribution >= 4 is 22.7 Å². The number of rotatable bonds is 12. The molecule has 0 spiro atoms. The number of halogens is 2. The van der Waals surface area contributed by atoms with Crippen LogP contribution in [0.1, 0.15) is 34.0 Å². The fourth-order valence-electron chi connectivity index (χ4n) is 5.04. The molecule has 1 aromatic heterocycles. The van der Waals surface area contributed by atoms with Crippen LogP contribution in [-0.2, 0) is 24.3 Å². The fraction of sp³-hybridized carbons (Fsp3) is 0.200. The van der Waals surface area contributed by atoms with Crippen molar-refractivity contribution in [1.82, 2.24) is 14.8 Å². The maximum Gasteiger partial charge on any atom is 0.257 e. The summed E-state index contributed by atoms with van der Waals surface area (Å²) >= 11 is 0. The Bertz CT molecular complexity index is 1680. The summed E-state index contributed by atoms with van der Waals surface area (Å²) in [7, 11) is 0. The van der Waals surface area contributed by atoms with Gasteiger partial charge in [0, 0.05) is 36.7 Å². The number of aromatic amines is 1. The van der Waals surface area contributed by atoms with Gasteiger partial charge in [-0.1, -0.05) is 54.6 Å². The highest BCUT2D eigenvalue weighted by molar-refractivity contribution is 5.96. The van der Waals surface area contributed by atoms with Crippen molar-refractivity contribution in [3.05, 3.63) is 137 Å². The van der Waals surface area contributed by atoms with E-state index in [0.29, 0.717) is 31.7 Å². The number of nitrogens with zero attached hydrogens (tertiary/aromatic N) is 2. The highest BCUT2D eigenvalue weighted by Gasteiger charge is 2.25. The van der Waals surface area contributed by atoms with Crippen LogP contribution in [0.25, 0.3) is 10.9 Å². The molecule has 0 saturated heterocycles. The van der Waals surface area contributed by atoms with Crippen LogP contribution in [0, 0.1) is 11.6 Å². The average Bonchev–Trinajstić information content (AvgIpc) is 3.44. The molecule has 0 atom stereocenters. The molecule has 0 fully saturated rings. The third kappa shape index (κ3) is 7.46. The molecule has 6 nitrogen and oxygen atoms in total. The van der Waals surface area contributed by atoms with Crippen molar-refractivity contribution in [2.45, 2.75) is 26.4 Å². The molecule has 5 aromatic rings. The lowest BCUT2D eigenvalue weighted by atomic mass is 10.1. The van der Waals surface area contributed by atoms with E-state index in [9.17, 15) is 18.4 Å². The molecule has 220 valence electrons. The number of fused-ring (bicyclic) bond motifs is 1.